The third-order valence-electron chi connectivity index (χ3n) is 9.67. The van der Waals surface area contributed by atoms with Gasteiger partial charge in [-0.2, -0.15) is 0 Å². The molecule has 1 aliphatic rings. The van der Waals surface area contributed by atoms with Gasteiger partial charge in [0.2, 0.25) is 0 Å². The zero-order valence-corrected chi connectivity index (χ0v) is 35.5. The highest BCUT2D eigenvalue weighted by Crippen LogP contribution is 2.50. The second-order valence-electron chi connectivity index (χ2n) is 14.6. The molecule has 5 aromatic carbocycles. The minimum atomic E-state index is 0.0259. The fourth-order valence-electron chi connectivity index (χ4n) is 6.72. The third kappa shape index (κ3) is 11.2. The molecule has 0 spiro atoms. The van der Waals surface area contributed by atoms with Crippen molar-refractivity contribution in [2.24, 2.45) is 4.99 Å². The highest BCUT2D eigenvalue weighted by molar-refractivity contribution is 6.01. The lowest BCUT2D eigenvalue weighted by atomic mass is 9.80. The minimum absolute atomic E-state index is 0.0259. The summed E-state index contributed by atoms with van der Waals surface area (Å²) in [5.41, 5.74) is 19.4. The van der Waals surface area contributed by atoms with Crippen LogP contribution in [0, 0.1) is 13.8 Å². The van der Waals surface area contributed by atoms with Gasteiger partial charge in [0.1, 0.15) is 0 Å². The number of aliphatic imine (C=N–C) groups is 1. The highest BCUT2D eigenvalue weighted by atomic mass is 14.7. The van der Waals surface area contributed by atoms with E-state index in [-0.39, 0.29) is 5.41 Å². The number of fused-ring (bicyclic) bond motifs is 3. The van der Waals surface area contributed by atoms with Crippen molar-refractivity contribution >= 4 is 22.6 Å². The Kier molecular flexibility index (Phi) is 16.6. The van der Waals surface area contributed by atoms with E-state index in [0.29, 0.717) is 0 Å². The van der Waals surface area contributed by atoms with E-state index in [1.165, 1.54) is 61.2 Å². The first-order valence-corrected chi connectivity index (χ1v) is 19.6. The average Bonchev–Trinajstić information content (AvgIpc) is 3.41. The predicted octanol–water partition coefficient (Wildman–Crippen LogP) is 15.8. The van der Waals surface area contributed by atoms with Crippen LogP contribution in [0.1, 0.15) is 113 Å². The number of rotatable bonds is 8. The molecule has 0 aliphatic heterocycles. The standard InChI is InChI=1S/C32H34.C16H15N.C4H8.C2H6/c1-8-9-15-26(24(5)23(4)25-16-11-10-14-21(25)2)28-20-29-27-17-12-13-18-30(27)32(6,7)31(29)19-22(28)3;1-13(15-9-5-3-6-10-15)17-14(2)16-11-7-4-8-12-16;1-4(2)3;1-2/h9-20H,4,8H2,1-3,5-7H3;3-12H,1H2,2H3;1H2,2-3H3;1-2H3/b15-9-,26-24+;;;. The van der Waals surface area contributed by atoms with E-state index < -0.39 is 0 Å². The van der Waals surface area contributed by atoms with Gasteiger partial charge >= 0.3 is 0 Å². The monoisotopic (exact) mass is 725 g/mol. The fourth-order valence-corrected chi connectivity index (χ4v) is 6.72. The van der Waals surface area contributed by atoms with E-state index in [0.717, 1.165) is 34.5 Å². The van der Waals surface area contributed by atoms with Gasteiger partial charge in [-0.1, -0.05) is 181 Å². The van der Waals surface area contributed by atoms with Gasteiger partial charge in [-0.3, -0.25) is 4.99 Å². The summed E-state index contributed by atoms with van der Waals surface area (Å²) in [7, 11) is 0. The van der Waals surface area contributed by atoms with Gasteiger partial charge in [-0.15, -0.1) is 6.58 Å². The van der Waals surface area contributed by atoms with Crippen LogP contribution in [0.15, 0.2) is 169 Å². The fraction of sp³-hybridized carbons (Fsp3) is 0.241. The zero-order valence-electron chi connectivity index (χ0n) is 35.5. The number of hydrogen-bond donors (Lipinski definition) is 0. The zero-order chi connectivity index (χ0) is 40.7. The van der Waals surface area contributed by atoms with Crippen molar-refractivity contribution in [3.8, 4) is 11.1 Å². The Labute approximate surface area is 334 Å². The summed E-state index contributed by atoms with van der Waals surface area (Å²) < 4.78 is 0. The molecule has 284 valence electrons. The van der Waals surface area contributed by atoms with Crippen LogP contribution in [-0.2, 0) is 5.41 Å². The first-order valence-electron chi connectivity index (χ1n) is 19.6. The molecule has 1 heteroatoms. The number of nitrogens with zero attached hydrogens (tertiary/aromatic N) is 1. The predicted molar refractivity (Wildman–Crippen MR) is 247 cm³/mol. The smallest absolute Gasteiger partial charge is 0.0633 e. The van der Waals surface area contributed by atoms with E-state index in [1.54, 1.807) is 0 Å². The SMILES string of the molecule is C=C(/C(C)=C(\C=C/CC)c1cc2c(cc1C)C(C)(C)c1ccccc1-2)c1ccccc1C.C=C(C)C.C=C(N=C(C)c1ccccc1)c1ccccc1.CC. The van der Waals surface area contributed by atoms with Crippen LogP contribution < -0.4 is 0 Å². The molecular formula is C54H63N. The van der Waals surface area contributed by atoms with Crippen LogP contribution in [0.5, 0.6) is 0 Å². The summed E-state index contributed by atoms with van der Waals surface area (Å²) in [6.07, 6.45) is 5.56. The Bertz CT molecular complexity index is 2160. The van der Waals surface area contributed by atoms with Crippen LogP contribution in [0.25, 0.3) is 28.0 Å². The van der Waals surface area contributed by atoms with Gasteiger partial charge in [0.25, 0.3) is 0 Å². The lowest BCUT2D eigenvalue weighted by molar-refractivity contribution is 0.659. The molecule has 0 unspecified atom stereocenters. The molecule has 0 heterocycles. The molecular weight excluding hydrogens is 663 g/mol. The minimum Gasteiger partial charge on any atom is -0.253 e. The number of aryl methyl sites for hydroxylation is 2. The van der Waals surface area contributed by atoms with E-state index in [2.05, 4.69) is 151 Å². The molecule has 0 saturated heterocycles. The molecule has 0 aromatic heterocycles. The normalized spacial score (nSPS) is 12.7. The van der Waals surface area contributed by atoms with E-state index >= 15 is 0 Å². The maximum atomic E-state index is 4.54. The Morgan fingerprint density at radius 1 is 0.618 bits per heavy atom. The van der Waals surface area contributed by atoms with Gasteiger partial charge in [0.15, 0.2) is 0 Å². The lowest BCUT2D eigenvalue weighted by Crippen LogP contribution is -2.15. The molecule has 5 aromatic rings. The van der Waals surface area contributed by atoms with Crippen LogP contribution in [0.2, 0.25) is 0 Å². The largest absolute Gasteiger partial charge is 0.253 e. The Balaban J connectivity index is 0.000000295. The van der Waals surface area contributed by atoms with Crippen molar-refractivity contribution in [2.75, 3.05) is 0 Å². The topological polar surface area (TPSA) is 12.4 Å². The van der Waals surface area contributed by atoms with Crippen LogP contribution in [0.3, 0.4) is 0 Å². The van der Waals surface area contributed by atoms with Gasteiger partial charge in [-0.05, 0) is 126 Å². The third-order valence-corrected chi connectivity index (χ3v) is 9.67. The highest BCUT2D eigenvalue weighted by Gasteiger charge is 2.35. The molecule has 0 atom stereocenters. The summed E-state index contributed by atoms with van der Waals surface area (Å²) in [5.74, 6) is 0. The molecule has 1 nitrogen and oxygen atoms in total. The van der Waals surface area contributed by atoms with Crippen molar-refractivity contribution in [3.63, 3.8) is 0 Å². The van der Waals surface area contributed by atoms with Gasteiger partial charge in [0, 0.05) is 11.1 Å². The van der Waals surface area contributed by atoms with Gasteiger partial charge in [-0.25, -0.2) is 0 Å². The summed E-state index contributed by atoms with van der Waals surface area (Å²) in [5, 5.41) is 0. The van der Waals surface area contributed by atoms with Crippen LogP contribution in [0.4, 0.5) is 0 Å². The Hall–Kier alpha value is -5.53. The molecule has 0 radical (unpaired) electrons. The van der Waals surface area contributed by atoms with Crippen molar-refractivity contribution in [3.05, 3.63) is 209 Å². The van der Waals surface area contributed by atoms with Gasteiger partial charge in [0.05, 0.1) is 5.70 Å². The van der Waals surface area contributed by atoms with Gasteiger partial charge < -0.3 is 0 Å². The van der Waals surface area contributed by atoms with Crippen LogP contribution >= 0.6 is 0 Å². The van der Waals surface area contributed by atoms with Crippen molar-refractivity contribution in [2.45, 2.75) is 88.0 Å². The molecule has 0 fully saturated rings. The summed E-state index contributed by atoms with van der Waals surface area (Å²) in [6.45, 7) is 35.5. The lowest BCUT2D eigenvalue weighted by Gasteiger charge is -2.23. The molecule has 0 bridgehead atoms. The number of allylic oxidation sites excluding steroid dienone is 6. The maximum absolute atomic E-state index is 4.54. The Morgan fingerprint density at radius 2 is 1.15 bits per heavy atom. The van der Waals surface area contributed by atoms with Crippen LogP contribution in [-0.4, -0.2) is 5.71 Å². The second-order valence-corrected chi connectivity index (χ2v) is 14.6. The first kappa shape index (κ1) is 43.9. The summed E-state index contributed by atoms with van der Waals surface area (Å²) in [4.78, 5) is 4.54. The number of benzene rings is 5. The quantitative estimate of drug-likeness (QED) is 0.0858. The van der Waals surface area contributed by atoms with Crippen molar-refractivity contribution in [1.29, 1.82) is 0 Å². The maximum Gasteiger partial charge on any atom is 0.0633 e. The Morgan fingerprint density at radius 3 is 1.73 bits per heavy atom. The summed E-state index contributed by atoms with van der Waals surface area (Å²) in [6, 6.07) is 42.4. The molecule has 0 amide bonds. The molecule has 6 rings (SSSR count). The molecule has 0 N–H and O–H groups in total. The van der Waals surface area contributed by atoms with Crippen molar-refractivity contribution in [1.82, 2.24) is 0 Å². The first-order chi connectivity index (χ1) is 26.3. The van der Waals surface area contributed by atoms with E-state index in [1.807, 2.05) is 83.1 Å². The average molecular weight is 726 g/mol. The number of hydrogen-bond acceptors (Lipinski definition) is 1. The van der Waals surface area contributed by atoms with E-state index in [9.17, 15) is 0 Å². The van der Waals surface area contributed by atoms with E-state index in [4.69, 9.17) is 0 Å². The molecule has 0 saturated carbocycles. The van der Waals surface area contributed by atoms with Crippen molar-refractivity contribution < 1.29 is 0 Å². The summed E-state index contributed by atoms with van der Waals surface area (Å²) >= 11 is 0. The molecule has 55 heavy (non-hydrogen) atoms. The molecule has 1 aliphatic carbocycles. The second kappa shape index (κ2) is 20.8.